The highest BCUT2D eigenvalue weighted by atomic mass is 15.1. The van der Waals surface area contributed by atoms with Gasteiger partial charge in [-0.1, -0.05) is 150 Å². The number of benzene rings is 3. The lowest BCUT2D eigenvalue weighted by Gasteiger charge is -2.23. The molecule has 2 heterocycles. The third kappa shape index (κ3) is 7.98. The molecule has 5 heteroatoms. The fourth-order valence-electron chi connectivity index (χ4n) is 7.95. The average Bonchev–Trinajstić information content (AvgIpc) is 3.63. The Morgan fingerprint density at radius 3 is 2.28 bits per heavy atom. The second-order valence-corrected chi connectivity index (χ2v) is 14.5. The number of rotatable bonds is 15. The summed E-state index contributed by atoms with van der Waals surface area (Å²) in [5.74, 6) is 1.53. The normalized spacial score (nSPS) is 13.8. The van der Waals surface area contributed by atoms with Gasteiger partial charge < -0.3 is 9.13 Å². The first kappa shape index (κ1) is 35.8. The standard InChI is InChI=1S/C45H53B2N3/c1-5-7-9-11-12-14-19-33(18-13-10-8-6-2)31-50-44-39-30-37(47)26-24-34(39)20-17-21-36(46)28-32(3)43(44)48-45(50)35-25-27-42-40(29-35)38-22-15-16-23-41(38)49(42)4/h15-17,21-30,33H,3,5-14,18-20,31H2,1-2,4H3. The molecule has 0 saturated carbocycles. The van der Waals surface area contributed by atoms with E-state index in [9.17, 15) is 0 Å². The fourth-order valence-corrected chi connectivity index (χ4v) is 7.95. The number of aryl methyl sites for hydroxylation is 1. The lowest BCUT2D eigenvalue weighted by Crippen LogP contribution is -2.15. The summed E-state index contributed by atoms with van der Waals surface area (Å²) >= 11 is 0. The van der Waals surface area contributed by atoms with Crippen LogP contribution in [0, 0.1) is 5.92 Å². The second kappa shape index (κ2) is 16.8. The number of imidazole rings is 1. The summed E-state index contributed by atoms with van der Waals surface area (Å²) in [7, 11) is 15.2. The van der Waals surface area contributed by atoms with Crippen LogP contribution < -0.4 is 5.46 Å². The Kier molecular flexibility index (Phi) is 12.1. The molecule has 0 N–H and O–H groups in total. The monoisotopic (exact) mass is 657 g/mol. The van der Waals surface area contributed by atoms with Crippen LogP contribution in [0.4, 0.5) is 0 Å². The number of fused-ring (bicyclic) bond motifs is 6. The molecule has 0 saturated heterocycles. The van der Waals surface area contributed by atoms with Crippen molar-refractivity contribution in [2.24, 2.45) is 13.0 Å². The molecule has 6 rings (SSSR count). The lowest BCUT2D eigenvalue weighted by atomic mass is 9.86. The van der Waals surface area contributed by atoms with Gasteiger partial charge in [-0.15, -0.1) is 0 Å². The van der Waals surface area contributed by atoms with Gasteiger partial charge in [-0.2, -0.15) is 0 Å². The van der Waals surface area contributed by atoms with Crippen LogP contribution in [-0.2, 0) is 20.0 Å². The molecule has 0 amide bonds. The van der Waals surface area contributed by atoms with Gasteiger partial charge in [0.05, 0.1) is 11.4 Å². The number of aromatic nitrogens is 3. The van der Waals surface area contributed by atoms with Crippen molar-refractivity contribution in [3.63, 3.8) is 0 Å². The zero-order valence-electron chi connectivity index (χ0n) is 30.7. The minimum Gasteiger partial charge on any atom is -0.344 e. The summed E-state index contributed by atoms with van der Waals surface area (Å²) in [4.78, 5) is 5.52. The summed E-state index contributed by atoms with van der Waals surface area (Å²) in [6.45, 7) is 10.0. The first-order valence-electron chi connectivity index (χ1n) is 19.2. The van der Waals surface area contributed by atoms with E-state index in [2.05, 4.69) is 97.3 Å². The molecule has 3 nitrogen and oxygen atoms in total. The summed E-state index contributed by atoms with van der Waals surface area (Å²) in [6, 6.07) is 21.9. The highest BCUT2D eigenvalue weighted by molar-refractivity contribution is 6.32. The van der Waals surface area contributed by atoms with Crippen molar-refractivity contribution in [3.8, 4) is 22.6 Å². The Labute approximate surface area is 303 Å². The van der Waals surface area contributed by atoms with E-state index in [1.54, 1.807) is 0 Å². The number of hydrogen-bond acceptors (Lipinski definition) is 1. The smallest absolute Gasteiger partial charge is 0.141 e. The first-order valence-corrected chi connectivity index (χ1v) is 19.2. The van der Waals surface area contributed by atoms with Crippen LogP contribution in [0.3, 0.4) is 0 Å². The van der Waals surface area contributed by atoms with Gasteiger partial charge >= 0.3 is 0 Å². The predicted octanol–water partition coefficient (Wildman–Crippen LogP) is 11.2. The van der Waals surface area contributed by atoms with Crippen molar-refractivity contribution < 1.29 is 0 Å². The van der Waals surface area contributed by atoms with Gasteiger partial charge in [0.1, 0.15) is 21.5 Å². The minimum absolute atomic E-state index is 0.546. The van der Waals surface area contributed by atoms with Crippen LogP contribution in [0.5, 0.6) is 0 Å². The Morgan fingerprint density at radius 2 is 1.50 bits per heavy atom. The van der Waals surface area contributed by atoms with Crippen molar-refractivity contribution in [2.45, 2.75) is 104 Å². The molecule has 254 valence electrons. The third-order valence-electron chi connectivity index (χ3n) is 10.7. The molecule has 3 aromatic carbocycles. The van der Waals surface area contributed by atoms with E-state index in [0.29, 0.717) is 11.4 Å². The molecule has 0 spiro atoms. The Hall–Kier alpha value is -3.98. The summed E-state index contributed by atoms with van der Waals surface area (Å²) in [5, 5.41) is 2.51. The predicted molar refractivity (Wildman–Crippen MR) is 218 cm³/mol. The van der Waals surface area contributed by atoms with Crippen LogP contribution in [0.15, 0.2) is 90.9 Å². The minimum atomic E-state index is 0.546. The van der Waals surface area contributed by atoms with Crippen LogP contribution >= 0.6 is 0 Å². The number of nitrogens with zero attached hydrogens (tertiary/aromatic N) is 3. The van der Waals surface area contributed by atoms with Crippen LogP contribution in [0.1, 0.15) is 102 Å². The molecule has 1 aliphatic carbocycles. The molecule has 50 heavy (non-hydrogen) atoms. The molecular formula is C45H53B2N3. The molecule has 1 aliphatic rings. The second-order valence-electron chi connectivity index (χ2n) is 14.5. The SMILES string of the molecule is [B]C1=CC(=C)c2nc(-c3ccc4c(c3)c3ccccc3n4C)n(CC(CCCCCC)CCCCCCCC)c2-c2cc([B])ccc2CC=C1. The number of para-hydroxylation sites is 1. The zero-order valence-corrected chi connectivity index (χ0v) is 30.7. The van der Waals surface area contributed by atoms with Crippen molar-refractivity contribution in [2.75, 3.05) is 0 Å². The van der Waals surface area contributed by atoms with Crippen molar-refractivity contribution in [1.82, 2.24) is 14.1 Å². The molecular weight excluding hydrogens is 604 g/mol. The zero-order chi connectivity index (χ0) is 35.0. The summed E-state index contributed by atoms with van der Waals surface area (Å²) in [5.41, 5.74) is 10.2. The van der Waals surface area contributed by atoms with E-state index in [1.165, 1.54) is 104 Å². The molecule has 0 fully saturated rings. The Morgan fingerprint density at radius 1 is 0.800 bits per heavy atom. The maximum atomic E-state index is 6.55. The van der Waals surface area contributed by atoms with Crippen LogP contribution in [-0.4, -0.2) is 29.8 Å². The molecule has 4 radical (unpaired) electrons. The maximum absolute atomic E-state index is 6.55. The van der Waals surface area contributed by atoms with E-state index in [1.807, 2.05) is 18.2 Å². The van der Waals surface area contributed by atoms with Gasteiger partial charge in [-0.05, 0) is 60.6 Å². The molecule has 0 bridgehead atoms. The average molecular weight is 658 g/mol. The van der Waals surface area contributed by atoms with Gasteiger partial charge in [0, 0.05) is 46.5 Å². The van der Waals surface area contributed by atoms with Crippen molar-refractivity contribution in [1.29, 1.82) is 0 Å². The topological polar surface area (TPSA) is 22.8 Å². The van der Waals surface area contributed by atoms with Crippen LogP contribution in [0.25, 0.3) is 50.0 Å². The Balaban J connectivity index is 1.52. The van der Waals surface area contributed by atoms with E-state index in [4.69, 9.17) is 20.7 Å². The first-order chi connectivity index (χ1) is 24.4. The molecule has 5 aromatic rings. The van der Waals surface area contributed by atoms with E-state index in [-0.39, 0.29) is 0 Å². The van der Waals surface area contributed by atoms with Crippen LogP contribution in [0.2, 0.25) is 0 Å². The lowest BCUT2D eigenvalue weighted by molar-refractivity contribution is 0.360. The van der Waals surface area contributed by atoms with E-state index < -0.39 is 0 Å². The summed E-state index contributed by atoms with van der Waals surface area (Å²) in [6.07, 6.45) is 22.3. The van der Waals surface area contributed by atoms with Gasteiger partial charge in [0.15, 0.2) is 0 Å². The fraction of sp³-hybridized carbons (Fsp3) is 0.400. The van der Waals surface area contributed by atoms with Gasteiger partial charge in [-0.25, -0.2) is 4.98 Å². The van der Waals surface area contributed by atoms with Crippen molar-refractivity contribution in [3.05, 3.63) is 102 Å². The van der Waals surface area contributed by atoms with Gasteiger partial charge in [0.25, 0.3) is 0 Å². The quantitative estimate of drug-likeness (QED) is 0.0812. The molecule has 1 atom stereocenters. The molecule has 0 aliphatic heterocycles. The maximum Gasteiger partial charge on any atom is 0.141 e. The number of allylic oxidation sites excluding steroid dienone is 5. The van der Waals surface area contributed by atoms with Gasteiger partial charge in [0.2, 0.25) is 0 Å². The van der Waals surface area contributed by atoms with Gasteiger partial charge in [-0.3, -0.25) is 0 Å². The summed E-state index contributed by atoms with van der Waals surface area (Å²) < 4.78 is 4.82. The molecule has 2 aromatic heterocycles. The largest absolute Gasteiger partial charge is 0.344 e. The highest BCUT2D eigenvalue weighted by Crippen LogP contribution is 2.39. The van der Waals surface area contributed by atoms with E-state index in [0.717, 1.165) is 52.3 Å². The molecule has 1 unspecified atom stereocenters. The van der Waals surface area contributed by atoms with E-state index >= 15 is 0 Å². The number of hydrogen-bond donors (Lipinski definition) is 0. The Bertz CT molecular complexity index is 2010. The highest BCUT2D eigenvalue weighted by Gasteiger charge is 2.26. The van der Waals surface area contributed by atoms with Crippen molar-refractivity contribution >= 4 is 48.5 Å². The number of unbranched alkanes of at least 4 members (excludes halogenated alkanes) is 8. The third-order valence-corrected chi connectivity index (χ3v) is 10.7.